The van der Waals surface area contributed by atoms with Crippen molar-refractivity contribution in [3.05, 3.63) is 50.4 Å². The summed E-state index contributed by atoms with van der Waals surface area (Å²) in [6.07, 6.45) is 0. The third-order valence-corrected chi connectivity index (χ3v) is 3.06. The predicted molar refractivity (Wildman–Crippen MR) is 74.4 cm³/mol. The van der Waals surface area contributed by atoms with Gasteiger partial charge in [-0.25, -0.2) is 9.97 Å². The molecular weight excluding hydrogens is 282 g/mol. The minimum atomic E-state index is -0.443. The van der Waals surface area contributed by atoms with Gasteiger partial charge in [0.25, 0.3) is 11.6 Å². The van der Waals surface area contributed by atoms with Crippen LogP contribution in [0.15, 0.2) is 18.2 Å². The first-order chi connectivity index (χ1) is 9.38. The maximum Gasteiger partial charge on any atom is 0.272 e. The fourth-order valence-corrected chi connectivity index (χ4v) is 1.84. The van der Waals surface area contributed by atoms with Gasteiger partial charge in [-0.3, -0.25) is 10.1 Å². The third kappa shape index (κ3) is 2.85. The summed E-state index contributed by atoms with van der Waals surface area (Å²) in [4.78, 5) is 18.6. The number of rotatable bonds is 3. The van der Waals surface area contributed by atoms with Crippen molar-refractivity contribution < 1.29 is 9.66 Å². The molecule has 7 heteroatoms. The van der Waals surface area contributed by atoms with Crippen LogP contribution in [0.1, 0.15) is 17.0 Å². The zero-order valence-electron chi connectivity index (χ0n) is 11.2. The fourth-order valence-electron chi connectivity index (χ4n) is 1.63. The Bertz CT molecular complexity index is 689. The van der Waals surface area contributed by atoms with Gasteiger partial charge in [0, 0.05) is 11.6 Å². The summed E-state index contributed by atoms with van der Waals surface area (Å²) in [5, 5.41) is 10.9. The van der Waals surface area contributed by atoms with E-state index in [4.69, 9.17) is 16.3 Å². The molecule has 0 saturated carbocycles. The Kier molecular flexibility index (Phi) is 3.85. The molecule has 0 amide bonds. The van der Waals surface area contributed by atoms with Crippen molar-refractivity contribution in [1.29, 1.82) is 0 Å². The molecule has 0 atom stereocenters. The van der Waals surface area contributed by atoms with Gasteiger partial charge in [-0.2, -0.15) is 0 Å². The predicted octanol–water partition coefficient (Wildman–Crippen LogP) is 3.76. The highest BCUT2D eigenvalue weighted by Gasteiger charge is 2.13. The third-order valence-electron chi connectivity index (χ3n) is 2.81. The quantitative estimate of drug-likeness (QED) is 0.636. The van der Waals surface area contributed by atoms with Crippen LogP contribution in [-0.4, -0.2) is 14.9 Å². The fraction of sp³-hybridized carbons (Fsp3) is 0.231. The van der Waals surface area contributed by atoms with Crippen LogP contribution >= 0.6 is 11.6 Å². The normalized spacial score (nSPS) is 10.4. The van der Waals surface area contributed by atoms with Crippen molar-refractivity contribution in [1.82, 2.24) is 9.97 Å². The van der Waals surface area contributed by atoms with Gasteiger partial charge in [-0.05, 0) is 32.9 Å². The molecule has 2 rings (SSSR count). The number of aromatic nitrogens is 2. The lowest BCUT2D eigenvalue weighted by molar-refractivity contribution is -0.385. The molecule has 2 aromatic rings. The number of nitro groups is 1. The molecule has 6 nitrogen and oxygen atoms in total. The molecule has 0 bridgehead atoms. The highest BCUT2D eigenvalue weighted by Crippen LogP contribution is 2.29. The molecule has 0 aliphatic rings. The van der Waals surface area contributed by atoms with Crippen molar-refractivity contribution in [2.45, 2.75) is 20.8 Å². The molecule has 0 saturated heterocycles. The lowest BCUT2D eigenvalue weighted by atomic mass is 10.2. The van der Waals surface area contributed by atoms with Gasteiger partial charge in [0.1, 0.15) is 5.75 Å². The van der Waals surface area contributed by atoms with E-state index in [1.165, 1.54) is 12.1 Å². The minimum Gasteiger partial charge on any atom is -0.436 e. The van der Waals surface area contributed by atoms with Crippen molar-refractivity contribution >= 4 is 17.3 Å². The van der Waals surface area contributed by atoms with Crippen LogP contribution in [0.3, 0.4) is 0 Å². The summed E-state index contributed by atoms with van der Waals surface area (Å²) in [5.74, 6) is 0.607. The summed E-state index contributed by atoms with van der Waals surface area (Å²) in [5.41, 5.74) is 1.97. The second-order valence-corrected chi connectivity index (χ2v) is 4.66. The summed E-state index contributed by atoms with van der Waals surface area (Å²) in [7, 11) is 0. The second-order valence-electron chi connectivity index (χ2n) is 4.30. The van der Waals surface area contributed by atoms with E-state index in [0.29, 0.717) is 17.0 Å². The van der Waals surface area contributed by atoms with Gasteiger partial charge in [0.2, 0.25) is 0 Å². The molecule has 1 heterocycles. The Balaban J connectivity index is 2.33. The smallest absolute Gasteiger partial charge is 0.272 e. The van der Waals surface area contributed by atoms with Gasteiger partial charge >= 0.3 is 0 Å². The average molecular weight is 294 g/mol. The first-order valence-corrected chi connectivity index (χ1v) is 6.20. The van der Waals surface area contributed by atoms with Crippen LogP contribution in [0.5, 0.6) is 11.6 Å². The molecule has 0 aliphatic carbocycles. The summed E-state index contributed by atoms with van der Waals surface area (Å²) in [6.45, 7) is 5.24. The average Bonchev–Trinajstić information content (AvgIpc) is 2.35. The Morgan fingerprint density at radius 2 is 1.85 bits per heavy atom. The SMILES string of the molecule is Cc1cc(Oc2nc(C)c(C)nc2Cl)ccc1[N+](=O)[O-]. The van der Waals surface area contributed by atoms with Crippen molar-refractivity contribution in [2.75, 3.05) is 0 Å². The number of hydrogen-bond donors (Lipinski definition) is 0. The molecule has 0 spiro atoms. The molecule has 1 aromatic carbocycles. The summed E-state index contributed by atoms with van der Waals surface area (Å²) < 4.78 is 5.53. The molecule has 0 N–H and O–H groups in total. The van der Waals surface area contributed by atoms with Crippen LogP contribution in [0.4, 0.5) is 5.69 Å². The Hall–Kier alpha value is -2.21. The minimum absolute atomic E-state index is 0.0367. The maximum absolute atomic E-state index is 10.7. The maximum atomic E-state index is 10.7. The zero-order valence-corrected chi connectivity index (χ0v) is 11.9. The van der Waals surface area contributed by atoms with Crippen molar-refractivity contribution in [2.24, 2.45) is 0 Å². The standard InChI is InChI=1S/C13H12ClN3O3/c1-7-6-10(4-5-11(7)17(18)19)20-13-12(14)15-8(2)9(3)16-13/h4-6H,1-3H3. The van der Waals surface area contributed by atoms with E-state index < -0.39 is 4.92 Å². The lowest BCUT2D eigenvalue weighted by Gasteiger charge is -2.08. The van der Waals surface area contributed by atoms with E-state index in [2.05, 4.69) is 9.97 Å². The summed E-state index contributed by atoms with van der Waals surface area (Å²) >= 11 is 5.97. The lowest BCUT2D eigenvalue weighted by Crippen LogP contribution is -1.98. The Morgan fingerprint density at radius 1 is 1.20 bits per heavy atom. The van der Waals surface area contributed by atoms with E-state index >= 15 is 0 Å². The molecule has 0 radical (unpaired) electrons. The zero-order chi connectivity index (χ0) is 14.9. The number of nitro benzene ring substituents is 1. The van der Waals surface area contributed by atoms with Gasteiger partial charge in [0.15, 0.2) is 5.15 Å². The Labute approximate surface area is 120 Å². The molecular formula is C13H12ClN3O3. The van der Waals surface area contributed by atoms with E-state index in [1.54, 1.807) is 26.8 Å². The highest BCUT2D eigenvalue weighted by atomic mass is 35.5. The van der Waals surface area contributed by atoms with Gasteiger partial charge in [0.05, 0.1) is 16.3 Å². The molecule has 1 aromatic heterocycles. The van der Waals surface area contributed by atoms with Crippen LogP contribution in [-0.2, 0) is 0 Å². The van der Waals surface area contributed by atoms with E-state index in [0.717, 1.165) is 5.69 Å². The Morgan fingerprint density at radius 3 is 2.45 bits per heavy atom. The van der Waals surface area contributed by atoms with Crippen molar-refractivity contribution in [3.63, 3.8) is 0 Å². The largest absolute Gasteiger partial charge is 0.436 e. The molecule has 0 unspecified atom stereocenters. The molecule has 0 aliphatic heterocycles. The summed E-state index contributed by atoms with van der Waals surface area (Å²) in [6, 6.07) is 4.44. The van der Waals surface area contributed by atoms with Crippen molar-refractivity contribution in [3.8, 4) is 11.6 Å². The van der Waals surface area contributed by atoms with E-state index in [9.17, 15) is 10.1 Å². The number of benzene rings is 1. The van der Waals surface area contributed by atoms with E-state index in [1.807, 2.05) is 0 Å². The topological polar surface area (TPSA) is 78.2 Å². The molecule has 20 heavy (non-hydrogen) atoms. The van der Waals surface area contributed by atoms with Gasteiger partial charge in [-0.15, -0.1) is 0 Å². The van der Waals surface area contributed by atoms with Gasteiger partial charge < -0.3 is 4.74 Å². The van der Waals surface area contributed by atoms with Crippen LogP contribution in [0.2, 0.25) is 5.15 Å². The number of hydrogen-bond acceptors (Lipinski definition) is 5. The number of aryl methyl sites for hydroxylation is 3. The number of ether oxygens (including phenoxy) is 1. The second kappa shape index (κ2) is 5.42. The highest BCUT2D eigenvalue weighted by molar-refractivity contribution is 6.30. The molecule has 0 fully saturated rings. The van der Waals surface area contributed by atoms with Crippen LogP contribution in [0, 0.1) is 30.9 Å². The first kappa shape index (κ1) is 14.2. The van der Waals surface area contributed by atoms with Gasteiger partial charge in [-0.1, -0.05) is 11.6 Å². The number of halogens is 1. The van der Waals surface area contributed by atoms with E-state index in [-0.39, 0.29) is 16.7 Å². The molecule has 104 valence electrons. The first-order valence-electron chi connectivity index (χ1n) is 5.82. The monoisotopic (exact) mass is 293 g/mol. The van der Waals surface area contributed by atoms with Crippen LogP contribution < -0.4 is 4.74 Å². The number of nitrogens with zero attached hydrogens (tertiary/aromatic N) is 3. The van der Waals surface area contributed by atoms with Crippen LogP contribution in [0.25, 0.3) is 0 Å².